The van der Waals surface area contributed by atoms with Gasteiger partial charge in [0.15, 0.2) is 23.2 Å². The van der Waals surface area contributed by atoms with Gasteiger partial charge in [-0.3, -0.25) is 0 Å². The van der Waals surface area contributed by atoms with Crippen LogP contribution in [0.3, 0.4) is 0 Å². The highest BCUT2D eigenvalue weighted by molar-refractivity contribution is 5.43. The third-order valence-corrected chi connectivity index (χ3v) is 2.27. The first kappa shape index (κ1) is 11.9. The van der Waals surface area contributed by atoms with E-state index < -0.39 is 34.2 Å². The molecule has 4 heteroatoms. The van der Waals surface area contributed by atoms with Crippen molar-refractivity contribution in [2.24, 2.45) is 0 Å². The number of hydrogen-bond acceptors (Lipinski definition) is 1. The highest BCUT2D eigenvalue weighted by atomic mass is 19.2. The molecule has 1 aromatic rings. The molecule has 0 fully saturated rings. The molecule has 0 bridgehead atoms. The van der Waals surface area contributed by atoms with Crippen molar-refractivity contribution >= 4 is 0 Å². The van der Waals surface area contributed by atoms with Gasteiger partial charge in [0.2, 0.25) is 0 Å². The van der Waals surface area contributed by atoms with Gasteiger partial charge < -0.3 is 5.11 Å². The summed E-state index contributed by atoms with van der Waals surface area (Å²) >= 11 is 0. The fourth-order valence-corrected chi connectivity index (χ4v) is 1.45. The second-order valence-corrected chi connectivity index (χ2v) is 4.54. The van der Waals surface area contributed by atoms with Crippen LogP contribution in [0.4, 0.5) is 13.2 Å². The average Bonchev–Trinajstić information content (AvgIpc) is 2.09. The van der Waals surface area contributed by atoms with Crippen molar-refractivity contribution in [2.75, 3.05) is 0 Å². The Morgan fingerprint density at radius 3 is 1.80 bits per heavy atom. The molecule has 0 aliphatic heterocycles. The number of phenolic OH excluding ortho intramolecular Hbond substituents is 1. The molecule has 0 amide bonds. The molecule has 0 aliphatic rings. The Hall–Kier alpha value is -1.19. The van der Waals surface area contributed by atoms with Gasteiger partial charge in [-0.1, -0.05) is 20.8 Å². The summed E-state index contributed by atoms with van der Waals surface area (Å²) in [5.41, 5.74) is -1.69. The molecule has 1 rings (SSSR count). The van der Waals surface area contributed by atoms with Crippen LogP contribution < -0.4 is 0 Å². The maximum Gasteiger partial charge on any atom is 0.171 e. The van der Waals surface area contributed by atoms with Gasteiger partial charge in [0.05, 0.1) is 0 Å². The van der Waals surface area contributed by atoms with Crippen molar-refractivity contribution in [3.8, 4) is 5.75 Å². The van der Waals surface area contributed by atoms with Gasteiger partial charge >= 0.3 is 0 Å². The second kappa shape index (κ2) is 3.43. The summed E-state index contributed by atoms with van der Waals surface area (Å²) in [7, 11) is 0. The van der Waals surface area contributed by atoms with Crippen molar-refractivity contribution in [1.29, 1.82) is 0 Å². The minimum atomic E-state index is -1.24. The number of halogens is 3. The van der Waals surface area contributed by atoms with E-state index in [0.717, 1.165) is 6.92 Å². The Labute approximate surface area is 86.5 Å². The Balaban J connectivity index is 3.68. The normalized spacial score (nSPS) is 11.9. The fourth-order valence-electron chi connectivity index (χ4n) is 1.45. The number of benzene rings is 1. The highest BCUT2D eigenvalue weighted by Gasteiger charge is 2.29. The Morgan fingerprint density at radius 1 is 0.933 bits per heavy atom. The minimum Gasteiger partial charge on any atom is -0.505 e. The summed E-state index contributed by atoms with van der Waals surface area (Å²) in [6, 6.07) is 0. The molecule has 0 spiro atoms. The van der Waals surface area contributed by atoms with E-state index in [9.17, 15) is 18.3 Å². The number of phenols is 1. The molecule has 1 N–H and O–H groups in total. The molecule has 15 heavy (non-hydrogen) atoms. The van der Waals surface area contributed by atoms with Crippen LogP contribution in [0.25, 0.3) is 0 Å². The van der Waals surface area contributed by atoms with E-state index >= 15 is 0 Å². The molecule has 0 saturated carbocycles. The maximum atomic E-state index is 13.5. The van der Waals surface area contributed by atoms with Crippen LogP contribution in [0.2, 0.25) is 0 Å². The summed E-state index contributed by atoms with van der Waals surface area (Å²) in [6.07, 6.45) is 0. The van der Waals surface area contributed by atoms with E-state index in [2.05, 4.69) is 0 Å². The lowest BCUT2D eigenvalue weighted by molar-refractivity contribution is 0.375. The van der Waals surface area contributed by atoms with Crippen LogP contribution in [0.5, 0.6) is 5.75 Å². The molecule has 0 radical (unpaired) electrons. The lowest BCUT2D eigenvalue weighted by Crippen LogP contribution is -2.16. The van der Waals surface area contributed by atoms with Crippen LogP contribution in [-0.2, 0) is 5.41 Å². The Morgan fingerprint density at radius 2 is 1.40 bits per heavy atom. The molecule has 1 nitrogen and oxygen atoms in total. The van der Waals surface area contributed by atoms with Crippen LogP contribution >= 0.6 is 0 Å². The van der Waals surface area contributed by atoms with Gasteiger partial charge in [-0.05, 0) is 12.3 Å². The van der Waals surface area contributed by atoms with E-state index in [4.69, 9.17) is 0 Å². The van der Waals surface area contributed by atoms with Crippen molar-refractivity contribution in [2.45, 2.75) is 33.1 Å². The average molecular weight is 218 g/mol. The van der Waals surface area contributed by atoms with Gasteiger partial charge in [0.25, 0.3) is 0 Å². The van der Waals surface area contributed by atoms with Gasteiger partial charge in [0.1, 0.15) is 0 Å². The molecule has 0 saturated heterocycles. The third-order valence-electron chi connectivity index (χ3n) is 2.27. The van der Waals surface area contributed by atoms with Crippen LogP contribution in [0.1, 0.15) is 31.9 Å². The molecule has 0 unspecified atom stereocenters. The van der Waals surface area contributed by atoms with E-state index in [1.807, 2.05) is 0 Å². The second-order valence-electron chi connectivity index (χ2n) is 4.54. The fraction of sp³-hybridized carbons (Fsp3) is 0.455. The van der Waals surface area contributed by atoms with Crippen LogP contribution in [-0.4, -0.2) is 5.11 Å². The summed E-state index contributed by atoms with van der Waals surface area (Å²) in [5.74, 6) is -4.33. The van der Waals surface area contributed by atoms with Crippen LogP contribution in [0, 0.1) is 24.4 Å². The summed E-state index contributed by atoms with van der Waals surface area (Å²) in [4.78, 5) is 0. The zero-order valence-electron chi connectivity index (χ0n) is 9.08. The number of rotatable bonds is 0. The van der Waals surface area contributed by atoms with Gasteiger partial charge in [0, 0.05) is 11.1 Å². The van der Waals surface area contributed by atoms with E-state index in [1.54, 1.807) is 20.8 Å². The molecular weight excluding hydrogens is 205 g/mol. The zero-order chi connectivity index (χ0) is 12.0. The number of hydrogen-bond donors (Lipinski definition) is 1. The lowest BCUT2D eigenvalue weighted by Gasteiger charge is -2.22. The molecule has 0 heterocycles. The van der Waals surface area contributed by atoms with Crippen molar-refractivity contribution < 1.29 is 18.3 Å². The standard InChI is InChI=1S/C11H13F3O/c1-5-7(12)9(14)6(11(2,3)4)10(15)8(5)13/h15H,1-4H3. The van der Waals surface area contributed by atoms with E-state index in [-0.39, 0.29) is 5.56 Å². The summed E-state index contributed by atoms with van der Waals surface area (Å²) in [6.45, 7) is 5.79. The summed E-state index contributed by atoms with van der Waals surface area (Å²) in [5, 5.41) is 9.44. The topological polar surface area (TPSA) is 20.2 Å². The molecule has 0 aliphatic carbocycles. The first-order chi connectivity index (χ1) is 6.68. The number of aromatic hydroxyl groups is 1. The predicted octanol–water partition coefficient (Wildman–Crippen LogP) is 3.42. The Bertz CT molecular complexity index is 376. The van der Waals surface area contributed by atoms with Gasteiger partial charge in [-0.15, -0.1) is 0 Å². The highest BCUT2D eigenvalue weighted by Crippen LogP contribution is 2.37. The summed E-state index contributed by atoms with van der Waals surface area (Å²) < 4.78 is 40.0. The third kappa shape index (κ3) is 1.80. The largest absolute Gasteiger partial charge is 0.505 e. The first-order valence-corrected chi connectivity index (χ1v) is 4.54. The van der Waals surface area contributed by atoms with E-state index in [0.29, 0.717) is 0 Å². The van der Waals surface area contributed by atoms with Gasteiger partial charge in [-0.25, -0.2) is 13.2 Å². The minimum absolute atomic E-state index is 0.330. The lowest BCUT2D eigenvalue weighted by atomic mass is 9.85. The van der Waals surface area contributed by atoms with Crippen LogP contribution in [0.15, 0.2) is 0 Å². The molecule has 1 aromatic carbocycles. The van der Waals surface area contributed by atoms with Gasteiger partial charge in [-0.2, -0.15) is 0 Å². The molecular formula is C11H13F3O. The molecule has 84 valence electrons. The van der Waals surface area contributed by atoms with Crippen molar-refractivity contribution in [3.63, 3.8) is 0 Å². The molecule has 0 atom stereocenters. The molecule has 0 aromatic heterocycles. The monoisotopic (exact) mass is 218 g/mol. The quantitative estimate of drug-likeness (QED) is 0.661. The van der Waals surface area contributed by atoms with Crippen molar-refractivity contribution in [1.82, 2.24) is 0 Å². The zero-order valence-corrected chi connectivity index (χ0v) is 9.08. The SMILES string of the molecule is Cc1c(F)c(O)c(C(C)(C)C)c(F)c1F. The first-order valence-electron chi connectivity index (χ1n) is 4.54. The van der Waals surface area contributed by atoms with E-state index in [1.165, 1.54) is 0 Å². The predicted molar refractivity (Wildman–Crippen MR) is 51.4 cm³/mol. The van der Waals surface area contributed by atoms with Crippen molar-refractivity contribution in [3.05, 3.63) is 28.6 Å². The smallest absolute Gasteiger partial charge is 0.171 e. The Kier molecular flexibility index (Phi) is 2.72. The maximum absolute atomic E-state index is 13.5.